The number of hydrogen-bond acceptors (Lipinski definition) is 5. The van der Waals surface area contributed by atoms with Gasteiger partial charge in [-0.2, -0.15) is 0 Å². The van der Waals surface area contributed by atoms with Crippen LogP contribution in [-0.4, -0.2) is 71.5 Å². The minimum atomic E-state index is -1.64. The van der Waals surface area contributed by atoms with Crippen molar-refractivity contribution in [2.24, 2.45) is 0 Å². The van der Waals surface area contributed by atoms with Crippen LogP contribution in [0.1, 0.15) is 32.8 Å². The molecule has 1 aromatic rings. The summed E-state index contributed by atoms with van der Waals surface area (Å²) >= 11 is 0. The standard InChI is InChI=1S/C22H42N4OSi/c1-22(2,3)28(6,7)27-16-8-11-25(5)18-19-17-20(23)9-10-21(19)26-14-12-24(4)13-15-26/h9-10,17H,8,11-16,18,23H2,1-7H3. The molecule has 1 aliphatic heterocycles. The first-order chi connectivity index (χ1) is 13.0. The van der Waals surface area contributed by atoms with Crippen molar-refractivity contribution in [3.63, 3.8) is 0 Å². The van der Waals surface area contributed by atoms with Crippen molar-refractivity contribution >= 4 is 19.7 Å². The molecule has 0 spiro atoms. The Kier molecular flexibility index (Phi) is 7.96. The van der Waals surface area contributed by atoms with Crippen LogP contribution >= 0.6 is 0 Å². The normalized spacial score (nSPS) is 16.8. The maximum absolute atomic E-state index is 6.32. The van der Waals surface area contributed by atoms with Gasteiger partial charge in [-0.1, -0.05) is 20.8 Å². The Balaban J connectivity index is 1.89. The average molecular weight is 407 g/mol. The highest BCUT2D eigenvalue weighted by Gasteiger charge is 2.36. The predicted molar refractivity (Wildman–Crippen MR) is 125 cm³/mol. The first kappa shape index (κ1) is 23.2. The van der Waals surface area contributed by atoms with Crippen molar-refractivity contribution in [3.8, 4) is 0 Å². The van der Waals surface area contributed by atoms with Crippen LogP contribution in [-0.2, 0) is 11.0 Å². The SMILES string of the molecule is CN1CCN(c2ccc(N)cc2CN(C)CCCO[Si](C)(C)C(C)(C)C)CC1. The van der Waals surface area contributed by atoms with Crippen LogP contribution in [0.25, 0.3) is 0 Å². The summed E-state index contributed by atoms with van der Waals surface area (Å²) in [6.45, 7) is 18.7. The lowest BCUT2D eigenvalue weighted by Gasteiger charge is -2.36. The average Bonchev–Trinajstić information content (AvgIpc) is 2.59. The van der Waals surface area contributed by atoms with Gasteiger partial charge in [0.25, 0.3) is 0 Å². The molecule has 0 saturated carbocycles. The molecule has 160 valence electrons. The molecule has 0 aliphatic carbocycles. The molecular weight excluding hydrogens is 364 g/mol. The van der Waals surface area contributed by atoms with Crippen LogP contribution in [0.4, 0.5) is 11.4 Å². The summed E-state index contributed by atoms with van der Waals surface area (Å²) in [7, 11) is 2.75. The third-order valence-corrected chi connectivity index (χ3v) is 10.9. The minimum absolute atomic E-state index is 0.276. The van der Waals surface area contributed by atoms with E-state index in [9.17, 15) is 0 Å². The highest BCUT2D eigenvalue weighted by atomic mass is 28.4. The van der Waals surface area contributed by atoms with Crippen molar-refractivity contribution in [1.29, 1.82) is 0 Å². The minimum Gasteiger partial charge on any atom is -0.417 e. The smallest absolute Gasteiger partial charge is 0.191 e. The third-order valence-electron chi connectivity index (χ3n) is 6.34. The van der Waals surface area contributed by atoms with E-state index in [1.807, 2.05) is 6.07 Å². The van der Waals surface area contributed by atoms with E-state index in [-0.39, 0.29) is 5.04 Å². The zero-order valence-corrected chi connectivity index (χ0v) is 20.2. The van der Waals surface area contributed by atoms with Gasteiger partial charge in [0, 0.05) is 57.3 Å². The Bertz CT molecular complexity index is 621. The van der Waals surface area contributed by atoms with Gasteiger partial charge in [-0.3, -0.25) is 0 Å². The monoisotopic (exact) mass is 406 g/mol. The van der Waals surface area contributed by atoms with Crippen LogP contribution in [0.5, 0.6) is 0 Å². The highest BCUT2D eigenvalue weighted by molar-refractivity contribution is 6.74. The molecular formula is C22H42N4OSi. The fraction of sp³-hybridized carbons (Fsp3) is 0.727. The first-order valence-electron chi connectivity index (χ1n) is 10.6. The molecule has 28 heavy (non-hydrogen) atoms. The topological polar surface area (TPSA) is 45.0 Å². The number of piperazine rings is 1. The number of benzene rings is 1. The summed E-state index contributed by atoms with van der Waals surface area (Å²) in [6.07, 6.45) is 1.06. The Labute approximate surface area is 174 Å². The number of hydrogen-bond donors (Lipinski definition) is 1. The van der Waals surface area contributed by atoms with Gasteiger partial charge in [0.15, 0.2) is 8.32 Å². The van der Waals surface area contributed by atoms with Crippen LogP contribution in [0.3, 0.4) is 0 Å². The molecule has 5 nitrogen and oxygen atoms in total. The van der Waals surface area contributed by atoms with Crippen LogP contribution in [0, 0.1) is 0 Å². The highest BCUT2D eigenvalue weighted by Crippen LogP contribution is 2.36. The molecule has 2 N–H and O–H groups in total. The van der Waals surface area contributed by atoms with Gasteiger partial charge < -0.3 is 24.9 Å². The number of nitrogens with two attached hydrogens (primary N) is 1. The van der Waals surface area contributed by atoms with Crippen molar-refractivity contribution in [1.82, 2.24) is 9.80 Å². The summed E-state index contributed by atoms with van der Waals surface area (Å²) in [6, 6.07) is 6.38. The van der Waals surface area contributed by atoms with Crippen molar-refractivity contribution in [2.75, 3.05) is 64.1 Å². The zero-order chi connectivity index (χ0) is 20.9. The summed E-state index contributed by atoms with van der Waals surface area (Å²) in [4.78, 5) is 7.29. The van der Waals surface area contributed by atoms with Gasteiger partial charge in [0.05, 0.1) is 0 Å². The lowest BCUT2D eigenvalue weighted by molar-refractivity contribution is 0.243. The van der Waals surface area contributed by atoms with E-state index in [0.29, 0.717) is 0 Å². The lowest BCUT2D eigenvalue weighted by Crippen LogP contribution is -2.45. The van der Waals surface area contributed by atoms with Gasteiger partial charge in [-0.15, -0.1) is 0 Å². The number of likely N-dealkylation sites (N-methyl/N-ethyl adjacent to an activating group) is 1. The molecule has 0 amide bonds. The van der Waals surface area contributed by atoms with E-state index >= 15 is 0 Å². The molecule has 1 saturated heterocycles. The lowest BCUT2D eigenvalue weighted by atomic mass is 10.1. The van der Waals surface area contributed by atoms with E-state index in [2.05, 4.69) is 74.8 Å². The van der Waals surface area contributed by atoms with Crippen molar-refractivity contribution < 1.29 is 4.43 Å². The maximum atomic E-state index is 6.32. The van der Waals surface area contributed by atoms with Crippen LogP contribution in [0.15, 0.2) is 18.2 Å². The molecule has 1 aromatic carbocycles. The van der Waals surface area contributed by atoms with Crippen LogP contribution in [0.2, 0.25) is 18.1 Å². The zero-order valence-electron chi connectivity index (χ0n) is 19.2. The molecule has 1 fully saturated rings. The fourth-order valence-electron chi connectivity index (χ4n) is 3.34. The Morgan fingerprint density at radius 3 is 2.39 bits per heavy atom. The number of nitrogens with zero attached hydrogens (tertiary/aromatic N) is 3. The Morgan fingerprint density at radius 2 is 1.79 bits per heavy atom. The number of nitrogen functional groups attached to an aromatic ring is 1. The van der Waals surface area contributed by atoms with E-state index in [1.165, 1.54) is 11.3 Å². The van der Waals surface area contributed by atoms with E-state index in [0.717, 1.165) is 58.0 Å². The number of rotatable bonds is 8. The van der Waals surface area contributed by atoms with Gasteiger partial charge >= 0.3 is 0 Å². The fourth-order valence-corrected chi connectivity index (χ4v) is 4.42. The van der Waals surface area contributed by atoms with Crippen molar-refractivity contribution in [3.05, 3.63) is 23.8 Å². The van der Waals surface area contributed by atoms with E-state index < -0.39 is 8.32 Å². The summed E-state index contributed by atoms with van der Waals surface area (Å²) in [5, 5.41) is 0.276. The van der Waals surface area contributed by atoms with Crippen LogP contribution < -0.4 is 10.6 Å². The molecule has 0 atom stereocenters. The second kappa shape index (κ2) is 9.61. The molecule has 0 radical (unpaired) electrons. The molecule has 2 rings (SSSR count). The van der Waals surface area contributed by atoms with Gasteiger partial charge in [0.1, 0.15) is 0 Å². The predicted octanol–water partition coefficient (Wildman–Crippen LogP) is 3.86. The first-order valence-corrected chi connectivity index (χ1v) is 13.5. The maximum Gasteiger partial charge on any atom is 0.191 e. The summed E-state index contributed by atoms with van der Waals surface area (Å²) in [5.74, 6) is 0. The van der Waals surface area contributed by atoms with Gasteiger partial charge in [-0.25, -0.2) is 0 Å². The van der Waals surface area contributed by atoms with Gasteiger partial charge in [-0.05, 0) is 62.4 Å². The molecule has 6 heteroatoms. The largest absolute Gasteiger partial charge is 0.417 e. The summed E-state index contributed by atoms with van der Waals surface area (Å²) < 4.78 is 6.32. The molecule has 0 aromatic heterocycles. The summed E-state index contributed by atoms with van der Waals surface area (Å²) in [5.41, 5.74) is 9.62. The quantitative estimate of drug-likeness (QED) is 0.403. The molecule has 0 unspecified atom stereocenters. The molecule has 1 heterocycles. The molecule has 0 bridgehead atoms. The number of anilines is 2. The van der Waals surface area contributed by atoms with Crippen molar-refractivity contribution in [2.45, 2.75) is 51.9 Å². The van der Waals surface area contributed by atoms with E-state index in [1.54, 1.807) is 0 Å². The Morgan fingerprint density at radius 1 is 1.14 bits per heavy atom. The van der Waals surface area contributed by atoms with E-state index in [4.69, 9.17) is 10.2 Å². The Hall–Kier alpha value is -1.08. The molecule has 1 aliphatic rings. The third kappa shape index (κ3) is 6.48. The second-order valence-corrected chi connectivity index (χ2v) is 14.7. The van der Waals surface area contributed by atoms with Gasteiger partial charge in [0.2, 0.25) is 0 Å². The second-order valence-electron chi connectivity index (χ2n) is 9.88.